The third-order valence-electron chi connectivity index (χ3n) is 3.73. The van der Waals surface area contributed by atoms with Gasteiger partial charge in [-0.05, 0) is 29.0 Å². The highest BCUT2D eigenvalue weighted by atomic mass is 16.1. The molecule has 0 saturated carbocycles. The van der Waals surface area contributed by atoms with Gasteiger partial charge < -0.3 is 5.32 Å². The highest BCUT2D eigenvalue weighted by Gasteiger charge is 2.16. The van der Waals surface area contributed by atoms with Gasteiger partial charge in [-0.3, -0.25) is 9.48 Å². The summed E-state index contributed by atoms with van der Waals surface area (Å²) in [6.45, 7) is 2.84. The van der Waals surface area contributed by atoms with E-state index in [-0.39, 0.29) is 11.9 Å². The van der Waals surface area contributed by atoms with E-state index in [2.05, 4.69) is 25.9 Å². The molecule has 2 heterocycles. The zero-order chi connectivity index (χ0) is 16.8. The first-order valence-electron chi connectivity index (χ1n) is 7.77. The summed E-state index contributed by atoms with van der Waals surface area (Å²) in [5, 5.41) is 18.5. The van der Waals surface area contributed by atoms with E-state index < -0.39 is 0 Å². The molecular formula is C16H19N7O. The molecule has 1 unspecified atom stereocenters. The molecule has 1 N–H and O–H groups in total. The Morgan fingerprint density at radius 3 is 2.75 bits per heavy atom. The standard InChI is InChI=1S/C16H19N7O/c1-13-19-20-21-23(13)11-8-16(24)18-15(12-22-10-5-9-17-22)14-6-3-2-4-7-14/h2-7,9-10,15H,8,11-12H2,1H3,(H,18,24). The second-order valence-corrected chi connectivity index (χ2v) is 5.46. The molecule has 0 aliphatic rings. The van der Waals surface area contributed by atoms with Crippen molar-refractivity contribution in [2.24, 2.45) is 0 Å². The Morgan fingerprint density at radius 2 is 2.08 bits per heavy atom. The van der Waals surface area contributed by atoms with Crippen LogP contribution in [0.25, 0.3) is 0 Å². The number of aryl methyl sites for hydroxylation is 2. The van der Waals surface area contributed by atoms with Crippen molar-refractivity contribution in [3.8, 4) is 0 Å². The van der Waals surface area contributed by atoms with Gasteiger partial charge in [0.05, 0.1) is 19.1 Å². The number of carbonyl (C=O) groups is 1. The van der Waals surface area contributed by atoms with Gasteiger partial charge in [0.2, 0.25) is 5.91 Å². The van der Waals surface area contributed by atoms with Gasteiger partial charge in [-0.25, -0.2) is 4.68 Å². The van der Waals surface area contributed by atoms with Gasteiger partial charge in [-0.15, -0.1) is 5.10 Å². The lowest BCUT2D eigenvalue weighted by atomic mass is 10.1. The van der Waals surface area contributed by atoms with Crippen LogP contribution in [-0.4, -0.2) is 35.9 Å². The molecule has 0 radical (unpaired) electrons. The Bertz CT molecular complexity index is 767. The summed E-state index contributed by atoms with van der Waals surface area (Å²) in [4.78, 5) is 12.3. The van der Waals surface area contributed by atoms with E-state index in [0.29, 0.717) is 25.3 Å². The SMILES string of the molecule is Cc1nnnn1CCC(=O)NC(Cn1cccn1)c1ccccc1. The molecule has 1 atom stereocenters. The Kier molecular flexibility index (Phi) is 4.95. The predicted octanol–water partition coefficient (Wildman–Crippen LogP) is 1.13. The van der Waals surface area contributed by atoms with Crippen molar-refractivity contribution in [1.82, 2.24) is 35.3 Å². The normalized spacial score (nSPS) is 12.0. The fourth-order valence-electron chi connectivity index (χ4n) is 2.45. The molecule has 0 bridgehead atoms. The topological polar surface area (TPSA) is 90.5 Å². The molecule has 0 saturated heterocycles. The quantitative estimate of drug-likeness (QED) is 0.703. The molecule has 8 heteroatoms. The van der Waals surface area contributed by atoms with Crippen LogP contribution in [0.3, 0.4) is 0 Å². The van der Waals surface area contributed by atoms with Crippen molar-refractivity contribution in [1.29, 1.82) is 0 Å². The van der Waals surface area contributed by atoms with Crippen molar-refractivity contribution in [3.05, 3.63) is 60.2 Å². The maximum Gasteiger partial charge on any atom is 0.222 e. The summed E-state index contributed by atoms with van der Waals surface area (Å²) in [6.07, 6.45) is 3.92. The fraction of sp³-hybridized carbons (Fsp3) is 0.312. The minimum absolute atomic E-state index is 0.0501. The molecule has 0 fully saturated rings. The number of tetrazole rings is 1. The van der Waals surface area contributed by atoms with Gasteiger partial charge >= 0.3 is 0 Å². The smallest absolute Gasteiger partial charge is 0.222 e. The largest absolute Gasteiger partial charge is 0.347 e. The van der Waals surface area contributed by atoms with E-state index in [9.17, 15) is 4.79 Å². The summed E-state index contributed by atoms with van der Waals surface area (Å²) in [7, 11) is 0. The van der Waals surface area contributed by atoms with Crippen LogP contribution in [0.1, 0.15) is 23.9 Å². The van der Waals surface area contributed by atoms with Crippen LogP contribution in [0.4, 0.5) is 0 Å². The minimum Gasteiger partial charge on any atom is -0.347 e. The van der Waals surface area contributed by atoms with Gasteiger partial charge in [-0.2, -0.15) is 5.10 Å². The first-order valence-corrected chi connectivity index (χ1v) is 7.77. The lowest BCUT2D eigenvalue weighted by molar-refractivity contribution is -0.122. The molecule has 2 aromatic heterocycles. The Balaban J connectivity index is 1.64. The van der Waals surface area contributed by atoms with E-state index in [1.165, 1.54) is 0 Å². The monoisotopic (exact) mass is 325 g/mol. The highest BCUT2D eigenvalue weighted by Crippen LogP contribution is 2.15. The molecule has 3 rings (SSSR count). The average molecular weight is 325 g/mol. The zero-order valence-electron chi connectivity index (χ0n) is 13.4. The molecule has 24 heavy (non-hydrogen) atoms. The number of nitrogens with one attached hydrogen (secondary N) is 1. The molecule has 0 spiro atoms. The maximum absolute atomic E-state index is 12.3. The number of amides is 1. The Labute approximate surface area is 139 Å². The third kappa shape index (κ3) is 4.03. The number of hydrogen-bond acceptors (Lipinski definition) is 5. The summed E-state index contributed by atoms with van der Waals surface area (Å²) >= 11 is 0. The van der Waals surface area contributed by atoms with Crippen LogP contribution < -0.4 is 5.32 Å². The number of aromatic nitrogens is 6. The van der Waals surface area contributed by atoms with Crippen LogP contribution in [0.15, 0.2) is 48.8 Å². The highest BCUT2D eigenvalue weighted by molar-refractivity contribution is 5.76. The number of nitrogens with zero attached hydrogens (tertiary/aromatic N) is 6. The lowest BCUT2D eigenvalue weighted by Crippen LogP contribution is -2.32. The van der Waals surface area contributed by atoms with Crippen LogP contribution in [0, 0.1) is 6.92 Å². The van der Waals surface area contributed by atoms with E-state index in [1.807, 2.05) is 54.2 Å². The number of carbonyl (C=O) groups excluding carboxylic acids is 1. The van der Waals surface area contributed by atoms with Gasteiger partial charge in [0.15, 0.2) is 0 Å². The van der Waals surface area contributed by atoms with Gasteiger partial charge in [0, 0.05) is 18.8 Å². The van der Waals surface area contributed by atoms with Gasteiger partial charge in [0.25, 0.3) is 0 Å². The van der Waals surface area contributed by atoms with Gasteiger partial charge in [-0.1, -0.05) is 30.3 Å². The lowest BCUT2D eigenvalue weighted by Gasteiger charge is -2.19. The number of rotatable bonds is 7. The maximum atomic E-state index is 12.3. The molecule has 0 aliphatic carbocycles. The fourth-order valence-corrected chi connectivity index (χ4v) is 2.45. The van der Waals surface area contributed by atoms with Crippen LogP contribution in [0.2, 0.25) is 0 Å². The summed E-state index contributed by atoms with van der Waals surface area (Å²) < 4.78 is 3.42. The summed E-state index contributed by atoms with van der Waals surface area (Å²) in [5.41, 5.74) is 1.04. The molecule has 1 aromatic carbocycles. The second kappa shape index (κ2) is 7.49. The summed E-state index contributed by atoms with van der Waals surface area (Å²) in [6, 6.07) is 11.6. The average Bonchev–Trinajstić information content (AvgIpc) is 3.25. The van der Waals surface area contributed by atoms with Crippen molar-refractivity contribution in [2.45, 2.75) is 32.5 Å². The number of benzene rings is 1. The molecule has 1 amide bonds. The molecule has 0 aliphatic heterocycles. The van der Waals surface area contributed by atoms with Crippen LogP contribution >= 0.6 is 0 Å². The molecule has 3 aromatic rings. The van der Waals surface area contributed by atoms with E-state index in [0.717, 1.165) is 5.56 Å². The molecular weight excluding hydrogens is 306 g/mol. The summed E-state index contributed by atoms with van der Waals surface area (Å²) in [5.74, 6) is 0.643. The third-order valence-corrected chi connectivity index (χ3v) is 3.73. The number of hydrogen-bond donors (Lipinski definition) is 1. The van der Waals surface area contributed by atoms with Crippen LogP contribution in [-0.2, 0) is 17.9 Å². The van der Waals surface area contributed by atoms with Crippen molar-refractivity contribution < 1.29 is 4.79 Å². The van der Waals surface area contributed by atoms with Crippen molar-refractivity contribution in [3.63, 3.8) is 0 Å². The minimum atomic E-state index is -0.145. The van der Waals surface area contributed by atoms with Crippen molar-refractivity contribution in [2.75, 3.05) is 0 Å². The Morgan fingerprint density at radius 1 is 1.25 bits per heavy atom. The van der Waals surface area contributed by atoms with Crippen LogP contribution in [0.5, 0.6) is 0 Å². The molecule has 124 valence electrons. The predicted molar refractivity (Wildman–Crippen MR) is 86.7 cm³/mol. The van der Waals surface area contributed by atoms with Gasteiger partial charge in [0.1, 0.15) is 5.82 Å². The van der Waals surface area contributed by atoms with E-state index in [4.69, 9.17) is 0 Å². The van der Waals surface area contributed by atoms with E-state index in [1.54, 1.807) is 10.9 Å². The first kappa shape index (κ1) is 15.9. The zero-order valence-corrected chi connectivity index (χ0v) is 13.4. The Hall–Kier alpha value is -3.03. The van der Waals surface area contributed by atoms with E-state index >= 15 is 0 Å². The first-order chi connectivity index (χ1) is 11.7. The second-order valence-electron chi connectivity index (χ2n) is 5.46. The van der Waals surface area contributed by atoms with Crippen molar-refractivity contribution >= 4 is 5.91 Å². The molecule has 8 nitrogen and oxygen atoms in total.